The fourth-order valence-corrected chi connectivity index (χ4v) is 4.37. The summed E-state index contributed by atoms with van der Waals surface area (Å²) in [7, 11) is 0. The highest BCUT2D eigenvalue weighted by Gasteiger charge is 2.20. The number of hydrogen-bond donors (Lipinski definition) is 0. The molecule has 0 radical (unpaired) electrons. The van der Waals surface area contributed by atoms with Crippen LogP contribution in [0.25, 0.3) is 32.7 Å². The highest BCUT2D eigenvalue weighted by atomic mass is 14.2. The van der Waals surface area contributed by atoms with Crippen molar-refractivity contribution in [3.8, 4) is 11.1 Å². The molecule has 0 heterocycles. The molecule has 4 aromatic rings. The Morgan fingerprint density at radius 3 is 2.52 bits per heavy atom. The van der Waals surface area contributed by atoms with Gasteiger partial charge in [-0.05, 0) is 68.6 Å². The fourth-order valence-electron chi connectivity index (χ4n) is 4.37. The standard InChI is InChI=1S/C25H22/c1-2-3-6-17-9-12-21-19(15-17)10-14-24-23(21)13-11-20-16-18-7-4-5-8-22(18)25(20)24/h4-5,7-15H,2-3,6,16H2,1H3. The quantitative estimate of drug-likeness (QED) is 0.317. The smallest absolute Gasteiger partial charge is 0.00132 e. The van der Waals surface area contributed by atoms with Crippen LogP contribution in [0.3, 0.4) is 0 Å². The van der Waals surface area contributed by atoms with Crippen LogP contribution in [0.5, 0.6) is 0 Å². The lowest BCUT2D eigenvalue weighted by molar-refractivity contribution is 0.796. The maximum absolute atomic E-state index is 2.38. The molecule has 5 rings (SSSR count). The maximum atomic E-state index is 2.38. The van der Waals surface area contributed by atoms with Gasteiger partial charge in [-0.3, -0.25) is 0 Å². The molecule has 0 fully saturated rings. The second-order valence-corrected chi connectivity index (χ2v) is 7.25. The first-order valence-corrected chi connectivity index (χ1v) is 9.40. The third kappa shape index (κ3) is 2.28. The van der Waals surface area contributed by atoms with E-state index in [4.69, 9.17) is 0 Å². The molecule has 0 aliphatic heterocycles. The van der Waals surface area contributed by atoms with Gasteiger partial charge in [-0.25, -0.2) is 0 Å². The van der Waals surface area contributed by atoms with E-state index in [0.29, 0.717) is 0 Å². The van der Waals surface area contributed by atoms with E-state index in [1.807, 2.05) is 0 Å². The van der Waals surface area contributed by atoms with Crippen molar-refractivity contribution >= 4 is 21.5 Å². The molecule has 4 aromatic carbocycles. The van der Waals surface area contributed by atoms with Crippen molar-refractivity contribution in [1.82, 2.24) is 0 Å². The van der Waals surface area contributed by atoms with E-state index in [2.05, 4.69) is 73.7 Å². The molecule has 1 aliphatic rings. The van der Waals surface area contributed by atoms with Gasteiger partial charge in [-0.1, -0.05) is 80.1 Å². The number of rotatable bonds is 3. The van der Waals surface area contributed by atoms with E-state index in [9.17, 15) is 0 Å². The van der Waals surface area contributed by atoms with Gasteiger partial charge in [0.2, 0.25) is 0 Å². The molecule has 25 heavy (non-hydrogen) atoms. The van der Waals surface area contributed by atoms with Crippen molar-refractivity contribution in [1.29, 1.82) is 0 Å². The Morgan fingerprint density at radius 2 is 1.60 bits per heavy atom. The van der Waals surface area contributed by atoms with Crippen LogP contribution in [0.1, 0.15) is 36.5 Å². The number of aryl methyl sites for hydroxylation is 1. The number of unbranched alkanes of at least 4 members (excludes halogenated alkanes) is 1. The lowest BCUT2D eigenvalue weighted by Gasteiger charge is -2.11. The summed E-state index contributed by atoms with van der Waals surface area (Å²) < 4.78 is 0. The van der Waals surface area contributed by atoms with Gasteiger partial charge in [-0.15, -0.1) is 0 Å². The van der Waals surface area contributed by atoms with Crippen LogP contribution in [-0.4, -0.2) is 0 Å². The summed E-state index contributed by atoms with van der Waals surface area (Å²) in [5, 5.41) is 5.53. The van der Waals surface area contributed by atoms with Crippen molar-refractivity contribution in [2.45, 2.75) is 32.6 Å². The second kappa shape index (κ2) is 5.74. The predicted molar refractivity (Wildman–Crippen MR) is 108 cm³/mol. The van der Waals surface area contributed by atoms with Gasteiger partial charge in [0.15, 0.2) is 0 Å². The number of fused-ring (bicyclic) bond motifs is 7. The predicted octanol–water partition coefficient (Wildman–Crippen LogP) is 6.91. The van der Waals surface area contributed by atoms with E-state index in [0.717, 1.165) is 6.42 Å². The third-order valence-corrected chi connectivity index (χ3v) is 5.65. The van der Waals surface area contributed by atoms with Gasteiger partial charge in [0.05, 0.1) is 0 Å². The first kappa shape index (κ1) is 14.7. The monoisotopic (exact) mass is 322 g/mol. The van der Waals surface area contributed by atoms with Crippen molar-refractivity contribution in [2.75, 3.05) is 0 Å². The van der Waals surface area contributed by atoms with Crippen LogP contribution in [0.2, 0.25) is 0 Å². The maximum Gasteiger partial charge on any atom is -0.00132 e. The highest BCUT2D eigenvalue weighted by molar-refractivity contribution is 6.13. The summed E-state index contributed by atoms with van der Waals surface area (Å²) in [5.41, 5.74) is 7.25. The van der Waals surface area contributed by atoms with Gasteiger partial charge in [0, 0.05) is 0 Å². The molecule has 0 saturated carbocycles. The summed E-state index contributed by atoms with van der Waals surface area (Å²) in [6, 6.07) is 25.2. The molecular weight excluding hydrogens is 300 g/mol. The molecule has 0 saturated heterocycles. The molecule has 0 amide bonds. The van der Waals surface area contributed by atoms with Gasteiger partial charge < -0.3 is 0 Å². The molecule has 0 spiro atoms. The SMILES string of the molecule is CCCCc1ccc2c(ccc3c4c(ccc32)Cc2ccccc2-4)c1. The van der Waals surface area contributed by atoms with Crippen molar-refractivity contribution in [3.63, 3.8) is 0 Å². The first-order chi connectivity index (χ1) is 12.3. The zero-order valence-corrected chi connectivity index (χ0v) is 14.7. The Hall–Kier alpha value is -2.60. The summed E-state index contributed by atoms with van der Waals surface area (Å²) in [6.07, 6.45) is 4.77. The van der Waals surface area contributed by atoms with Gasteiger partial charge in [-0.2, -0.15) is 0 Å². The van der Waals surface area contributed by atoms with E-state index < -0.39 is 0 Å². The molecule has 0 nitrogen and oxygen atoms in total. The fraction of sp³-hybridized carbons (Fsp3) is 0.200. The van der Waals surface area contributed by atoms with Crippen molar-refractivity contribution in [3.05, 3.63) is 83.4 Å². The normalized spacial score (nSPS) is 12.5. The first-order valence-electron chi connectivity index (χ1n) is 9.40. The van der Waals surface area contributed by atoms with Crippen LogP contribution < -0.4 is 0 Å². The summed E-state index contributed by atoms with van der Waals surface area (Å²) in [5.74, 6) is 0. The molecule has 0 unspecified atom stereocenters. The van der Waals surface area contributed by atoms with E-state index in [1.54, 1.807) is 0 Å². The van der Waals surface area contributed by atoms with Gasteiger partial charge >= 0.3 is 0 Å². The van der Waals surface area contributed by atoms with Gasteiger partial charge in [0.25, 0.3) is 0 Å². The second-order valence-electron chi connectivity index (χ2n) is 7.25. The van der Waals surface area contributed by atoms with E-state index >= 15 is 0 Å². The topological polar surface area (TPSA) is 0 Å². The minimum absolute atomic E-state index is 1.06. The summed E-state index contributed by atoms with van der Waals surface area (Å²) in [4.78, 5) is 0. The third-order valence-electron chi connectivity index (χ3n) is 5.65. The van der Waals surface area contributed by atoms with E-state index in [1.165, 1.54) is 68.6 Å². The minimum atomic E-state index is 1.06. The van der Waals surface area contributed by atoms with Crippen LogP contribution >= 0.6 is 0 Å². The Balaban J connectivity index is 1.74. The lowest BCUT2D eigenvalue weighted by atomic mass is 9.93. The zero-order chi connectivity index (χ0) is 16.8. The summed E-state index contributed by atoms with van der Waals surface area (Å²) in [6.45, 7) is 2.26. The van der Waals surface area contributed by atoms with Crippen LogP contribution in [0.4, 0.5) is 0 Å². The Bertz CT molecular complexity index is 1100. The average molecular weight is 322 g/mol. The molecule has 122 valence electrons. The van der Waals surface area contributed by atoms with E-state index in [-0.39, 0.29) is 0 Å². The number of hydrogen-bond acceptors (Lipinski definition) is 0. The Labute approximate surface area is 149 Å². The minimum Gasteiger partial charge on any atom is -0.0654 e. The zero-order valence-electron chi connectivity index (χ0n) is 14.7. The highest BCUT2D eigenvalue weighted by Crippen LogP contribution is 2.42. The molecule has 0 aromatic heterocycles. The van der Waals surface area contributed by atoms with Crippen LogP contribution in [0, 0.1) is 0 Å². The molecule has 1 aliphatic carbocycles. The van der Waals surface area contributed by atoms with Crippen LogP contribution in [0.15, 0.2) is 66.7 Å². The van der Waals surface area contributed by atoms with Crippen LogP contribution in [-0.2, 0) is 12.8 Å². The Morgan fingerprint density at radius 1 is 0.760 bits per heavy atom. The van der Waals surface area contributed by atoms with Crippen molar-refractivity contribution in [2.24, 2.45) is 0 Å². The average Bonchev–Trinajstić information content (AvgIpc) is 3.04. The molecular formula is C25H22. The largest absolute Gasteiger partial charge is 0.0654 e. The van der Waals surface area contributed by atoms with Gasteiger partial charge in [0.1, 0.15) is 0 Å². The molecule has 0 heteroatoms. The summed E-state index contributed by atoms with van der Waals surface area (Å²) >= 11 is 0. The molecule has 0 N–H and O–H groups in total. The number of benzene rings is 4. The molecule has 0 atom stereocenters. The lowest BCUT2D eigenvalue weighted by Crippen LogP contribution is -1.87. The Kier molecular flexibility index (Phi) is 3.38. The van der Waals surface area contributed by atoms with Crippen molar-refractivity contribution < 1.29 is 0 Å². The molecule has 0 bridgehead atoms.